The molecule has 180 valence electrons. The zero-order valence-electron chi connectivity index (χ0n) is 20.2. The third-order valence-corrected chi connectivity index (χ3v) is 5.55. The number of rotatable bonds is 8. The predicted molar refractivity (Wildman–Crippen MR) is 131 cm³/mol. The van der Waals surface area contributed by atoms with Crippen LogP contribution in [0.1, 0.15) is 50.8 Å². The monoisotopic (exact) mass is 472 g/mol. The molecule has 35 heavy (non-hydrogen) atoms. The molecule has 1 heterocycles. The van der Waals surface area contributed by atoms with E-state index in [1.54, 1.807) is 18.2 Å². The number of nitrogens with two attached hydrogens (primary N) is 1. The molecular formula is C27H28N4O4. The zero-order chi connectivity index (χ0) is 25.1. The van der Waals surface area contributed by atoms with Crippen molar-refractivity contribution in [3.05, 3.63) is 59.2 Å². The first kappa shape index (κ1) is 24.2. The molecule has 0 fully saturated rings. The number of carbonyl (C=O) groups excluding carboxylic acids is 1. The van der Waals surface area contributed by atoms with Gasteiger partial charge in [-0.3, -0.25) is 0 Å². The summed E-state index contributed by atoms with van der Waals surface area (Å²) >= 11 is 0. The van der Waals surface area contributed by atoms with Crippen LogP contribution in [0, 0.1) is 17.2 Å². The summed E-state index contributed by atoms with van der Waals surface area (Å²) < 4.78 is 16.8. The summed E-state index contributed by atoms with van der Waals surface area (Å²) in [5, 5.41) is 13.7. The van der Waals surface area contributed by atoms with E-state index in [9.17, 15) is 10.1 Å². The van der Waals surface area contributed by atoms with E-state index in [4.69, 9.17) is 19.7 Å². The molecule has 1 aliphatic carbocycles. The number of benzene rings is 2. The lowest BCUT2D eigenvalue weighted by Crippen LogP contribution is -2.33. The van der Waals surface area contributed by atoms with Crippen LogP contribution in [0.5, 0.6) is 5.75 Å². The van der Waals surface area contributed by atoms with Crippen LogP contribution in [0.25, 0.3) is 28.6 Å². The summed E-state index contributed by atoms with van der Waals surface area (Å²) in [6.45, 7) is 7.83. The van der Waals surface area contributed by atoms with E-state index in [0.29, 0.717) is 53.1 Å². The Balaban J connectivity index is 1.57. The standard InChI is InChI=1S/C27H28N4O4/c1-15(2)12-22(29)27(32)34-24-11-9-19-20(24)6-5-7-21(19)25-30-26(35-31-25)17-8-10-23(33-16(3)4)18(13-17)14-28/h5-8,10-11,13,15-16,22H,9,12,29H2,1-4H3. The second-order valence-corrected chi connectivity index (χ2v) is 9.17. The van der Waals surface area contributed by atoms with Crippen LogP contribution in [0.2, 0.25) is 0 Å². The smallest absolute Gasteiger partial charge is 0.328 e. The number of hydrogen-bond donors (Lipinski definition) is 1. The quantitative estimate of drug-likeness (QED) is 0.460. The number of esters is 1. The lowest BCUT2D eigenvalue weighted by atomic mass is 10.0. The molecule has 4 rings (SSSR count). The van der Waals surface area contributed by atoms with Crippen LogP contribution in [0.15, 0.2) is 47.0 Å². The number of ether oxygens (including phenoxy) is 2. The minimum atomic E-state index is -0.668. The highest BCUT2D eigenvalue weighted by molar-refractivity contribution is 5.85. The molecule has 2 N–H and O–H groups in total. The van der Waals surface area contributed by atoms with Crippen molar-refractivity contribution >= 4 is 11.7 Å². The fourth-order valence-electron chi connectivity index (χ4n) is 3.99. The van der Waals surface area contributed by atoms with Gasteiger partial charge in [-0.2, -0.15) is 10.2 Å². The minimum Gasteiger partial charge on any atom is -0.490 e. The molecule has 1 aliphatic rings. The van der Waals surface area contributed by atoms with Crippen LogP contribution in [0.3, 0.4) is 0 Å². The molecule has 2 aromatic carbocycles. The molecule has 1 unspecified atom stereocenters. The molecule has 3 aromatic rings. The van der Waals surface area contributed by atoms with Crippen molar-refractivity contribution in [3.8, 4) is 34.7 Å². The molecule has 0 radical (unpaired) electrons. The van der Waals surface area contributed by atoms with E-state index in [1.165, 1.54) is 0 Å². The minimum absolute atomic E-state index is 0.0492. The Morgan fingerprint density at radius 1 is 1.20 bits per heavy atom. The van der Waals surface area contributed by atoms with Gasteiger partial charge in [0, 0.05) is 16.7 Å². The molecule has 0 bridgehead atoms. The highest BCUT2D eigenvalue weighted by Gasteiger charge is 2.26. The highest BCUT2D eigenvalue weighted by Crippen LogP contribution is 2.36. The average molecular weight is 473 g/mol. The summed E-state index contributed by atoms with van der Waals surface area (Å²) in [6, 6.07) is 12.3. The molecule has 0 amide bonds. The SMILES string of the molecule is CC(C)CC(N)C(=O)OC1=CCc2c1cccc2-c1noc(-c2ccc(OC(C)C)c(C#N)c2)n1. The summed E-state index contributed by atoms with van der Waals surface area (Å²) in [5.74, 6) is 1.56. The van der Waals surface area contributed by atoms with Crippen LogP contribution >= 0.6 is 0 Å². The Hall–Kier alpha value is -3.96. The Morgan fingerprint density at radius 2 is 1.97 bits per heavy atom. The first-order chi connectivity index (χ1) is 16.8. The van der Waals surface area contributed by atoms with Crippen molar-refractivity contribution in [1.82, 2.24) is 10.1 Å². The van der Waals surface area contributed by atoms with Crippen molar-refractivity contribution < 1.29 is 18.8 Å². The Kier molecular flexibility index (Phi) is 6.99. The van der Waals surface area contributed by atoms with Gasteiger partial charge in [-0.05, 0) is 62.4 Å². The van der Waals surface area contributed by atoms with Gasteiger partial charge in [0.2, 0.25) is 5.82 Å². The number of aromatic nitrogens is 2. The number of nitrogens with zero attached hydrogens (tertiary/aromatic N) is 3. The largest absolute Gasteiger partial charge is 0.490 e. The van der Waals surface area contributed by atoms with Crippen molar-refractivity contribution in [2.24, 2.45) is 11.7 Å². The number of nitriles is 1. The van der Waals surface area contributed by atoms with Crippen molar-refractivity contribution in [2.75, 3.05) is 0 Å². The number of fused-ring (bicyclic) bond motifs is 1. The maximum absolute atomic E-state index is 12.4. The van der Waals surface area contributed by atoms with Crippen LogP contribution in [-0.2, 0) is 16.0 Å². The normalized spacial score (nSPS) is 13.4. The van der Waals surface area contributed by atoms with Crippen LogP contribution < -0.4 is 10.5 Å². The van der Waals surface area contributed by atoms with Gasteiger partial charge in [-0.1, -0.05) is 37.2 Å². The third-order valence-electron chi connectivity index (χ3n) is 5.55. The van der Waals surface area contributed by atoms with Gasteiger partial charge in [0.1, 0.15) is 23.6 Å². The Morgan fingerprint density at radius 3 is 2.69 bits per heavy atom. The second-order valence-electron chi connectivity index (χ2n) is 9.17. The van der Waals surface area contributed by atoms with Crippen LogP contribution in [0.4, 0.5) is 0 Å². The summed E-state index contributed by atoms with van der Waals surface area (Å²) in [6.07, 6.45) is 2.94. The lowest BCUT2D eigenvalue weighted by molar-refractivity contribution is -0.138. The first-order valence-corrected chi connectivity index (χ1v) is 11.6. The average Bonchev–Trinajstić information content (AvgIpc) is 3.46. The van der Waals surface area contributed by atoms with E-state index in [2.05, 4.69) is 16.2 Å². The lowest BCUT2D eigenvalue weighted by Gasteiger charge is -2.14. The van der Waals surface area contributed by atoms with Gasteiger partial charge in [0.15, 0.2) is 0 Å². The molecule has 1 atom stereocenters. The zero-order valence-corrected chi connectivity index (χ0v) is 20.2. The van der Waals surface area contributed by atoms with E-state index >= 15 is 0 Å². The molecule has 0 spiro atoms. The summed E-state index contributed by atoms with van der Waals surface area (Å²) in [4.78, 5) is 17.0. The molecule has 0 saturated heterocycles. The maximum atomic E-state index is 12.4. The second kappa shape index (κ2) is 10.1. The Bertz CT molecular complexity index is 1320. The number of carbonyl (C=O) groups is 1. The number of hydrogen-bond acceptors (Lipinski definition) is 8. The predicted octanol–water partition coefficient (Wildman–Crippen LogP) is 4.88. The van der Waals surface area contributed by atoms with Gasteiger partial charge >= 0.3 is 5.97 Å². The number of allylic oxidation sites excluding steroid dienone is 1. The molecule has 1 aromatic heterocycles. The fourth-order valence-corrected chi connectivity index (χ4v) is 3.99. The molecule has 8 nitrogen and oxygen atoms in total. The van der Waals surface area contributed by atoms with Crippen LogP contribution in [-0.4, -0.2) is 28.3 Å². The van der Waals surface area contributed by atoms with Gasteiger partial charge in [0.05, 0.1) is 11.7 Å². The van der Waals surface area contributed by atoms with Gasteiger partial charge in [-0.15, -0.1) is 0 Å². The van der Waals surface area contributed by atoms with E-state index in [1.807, 2.05) is 52.0 Å². The summed E-state index contributed by atoms with van der Waals surface area (Å²) in [7, 11) is 0. The third kappa shape index (κ3) is 5.26. The van der Waals surface area contributed by atoms with Crippen molar-refractivity contribution in [2.45, 2.75) is 52.7 Å². The molecule has 0 aliphatic heterocycles. The fraction of sp³-hybridized carbons (Fsp3) is 0.333. The van der Waals surface area contributed by atoms with E-state index in [0.717, 1.165) is 16.7 Å². The van der Waals surface area contributed by atoms with E-state index < -0.39 is 12.0 Å². The molecule has 0 saturated carbocycles. The topological polar surface area (TPSA) is 124 Å². The first-order valence-electron chi connectivity index (χ1n) is 11.6. The summed E-state index contributed by atoms with van der Waals surface area (Å²) in [5.41, 5.74) is 9.53. The highest BCUT2D eigenvalue weighted by atomic mass is 16.5. The van der Waals surface area contributed by atoms with Gasteiger partial charge in [-0.25, -0.2) is 4.79 Å². The van der Waals surface area contributed by atoms with Gasteiger partial charge < -0.3 is 19.7 Å². The Labute approximate surface area is 204 Å². The molecule has 8 heteroatoms. The molecular weight excluding hydrogens is 444 g/mol. The van der Waals surface area contributed by atoms with Crippen molar-refractivity contribution in [3.63, 3.8) is 0 Å². The maximum Gasteiger partial charge on any atom is 0.328 e. The van der Waals surface area contributed by atoms with E-state index in [-0.39, 0.29) is 6.10 Å². The van der Waals surface area contributed by atoms with Crippen molar-refractivity contribution in [1.29, 1.82) is 5.26 Å². The van der Waals surface area contributed by atoms with Gasteiger partial charge in [0.25, 0.3) is 5.89 Å².